The van der Waals surface area contributed by atoms with Crippen LogP contribution in [0.1, 0.15) is 59.2 Å². The molecule has 0 spiro atoms. The number of hydrogen-bond donors (Lipinski definition) is 3. The van der Waals surface area contributed by atoms with Crippen LogP contribution in [0.15, 0.2) is 24.3 Å². The molecule has 0 unspecified atom stereocenters. The highest BCUT2D eigenvalue weighted by Gasteiger charge is 2.11. The third-order valence-electron chi connectivity index (χ3n) is 4.11. The molecule has 0 radical (unpaired) electrons. The number of hydrogen-bond acceptors (Lipinski definition) is 3. The van der Waals surface area contributed by atoms with Crippen LogP contribution in [0.2, 0.25) is 0 Å². The summed E-state index contributed by atoms with van der Waals surface area (Å²) in [4.78, 5) is 23.2. The Morgan fingerprint density at radius 2 is 1.70 bits per heavy atom. The first-order valence-electron chi connectivity index (χ1n) is 8.08. The zero-order valence-electron chi connectivity index (χ0n) is 13.3. The maximum Gasteiger partial charge on any atom is 0.251 e. The van der Waals surface area contributed by atoms with Crippen molar-refractivity contribution in [2.24, 2.45) is 5.73 Å². The fraction of sp³-hybridized carbons (Fsp3) is 0.529. The van der Waals surface area contributed by atoms with Gasteiger partial charge < -0.3 is 16.4 Å². The molecule has 0 atom stereocenters. The number of rotatable bonds is 6. The molecule has 0 aromatic heterocycles. The second-order valence-electron chi connectivity index (χ2n) is 5.84. The molecule has 0 heterocycles. The molecular formula is C17H26ClN3O2. The van der Waals surface area contributed by atoms with Gasteiger partial charge >= 0.3 is 0 Å². The van der Waals surface area contributed by atoms with Gasteiger partial charge in [-0.3, -0.25) is 9.59 Å². The number of amides is 2. The lowest BCUT2D eigenvalue weighted by Crippen LogP contribution is -2.36. The first kappa shape index (κ1) is 19.5. The molecule has 1 fully saturated rings. The predicted molar refractivity (Wildman–Crippen MR) is 94.0 cm³/mol. The molecule has 1 saturated carbocycles. The molecule has 2 amide bonds. The number of nitrogens with one attached hydrogen (secondary N) is 2. The van der Waals surface area contributed by atoms with Gasteiger partial charge in [-0.25, -0.2) is 0 Å². The van der Waals surface area contributed by atoms with Crippen molar-refractivity contribution in [3.63, 3.8) is 0 Å². The summed E-state index contributed by atoms with van der Waals surface area (Å²) in [5.41, 5.74) is 6.03. The van der Waals surface area contributed by atoms with Crippen molar-refractivity contribution in [1.82, 2.24) is 10.6 Å². The number of carbonyl (C=O) groups excluding carboxylic acids is 2. The molecule has 4 N–H and O–H groups in total. The third-order valence-corrected chi connectivity index (χ3v) is 4.11. The largest absolute Gasteiger partial charge is 0.366 e. The number of benzene rings is 1. The van der Waals surface area contributed by atoms with Crippen LogP contribution in [0.25, 0.3) is 0 Å². The topological polar surface area (TPSA) is 84.2 Å². The minimum Gasteiger partial charge on any atom is -0.366 e. The lowest BCUT2D eigenvalue weighted by atomic mass is 10.1. The van der Waals surface area contributed by atoms with Gasteiger partial charge in [-0.05, 0) is 31.0 Å². The second kappa shape index (κ2) is 10.2. The molecule has 1 aromatic carbocycles. The van der Waals surface area contributed by atoms with Crippen LogP contribution in [0.3, 0.4) is 0 Å². The molecule has 1 aromatic rings. The van der Waals surface area contributed by atoms with E-state index < -0.39 is 5.91 Å². The number of carbonyl (C=O) groups is 2. The summed E-state index contributed by atoms with van der Waals surface area (Å²) >= 11 is 0. The molecular weight excluding hydrogens is 314 g/mol. The van der Waals surface area contributed by atoms with E-state index in [0.29, 0.717) is 23.7 Å². The van der Waals surface area contributed by atoms with Gasteiger partial charge in [0.2, 0.25) is 5.91 Å². The van der Waals surface area contributed by atoms with E-state index in [-0.39, 0.29) is 18.3 Å². The summed E-state index contributed by atoms with van der Waals surface area (Å²) in [6.07, 6.45) is 7.73. The average molecular weight is 340 g/mol. The molecule has 23 heavy (non-hydrogen) atoms. The molecule has 6 heteroatoms. The van der Waals surface area contributed by atoms with Crippen LogP contribution < -0.4 is 16.4 Å². The first-order chi connectivity index (χ1) is 10.7. The lowest BCUT2D eigenvalue weighted by Gasteiger charge is -2.16. The molecule has 0 saturated heterocycles. The van der Waals surface area contributed by atoms with E-state index in [4.69, 9.17) is 5.73 Å². The average Bonchev–Trinajstić information content (AvgIpc) is 2.80. The smallest absolute Gasteiger partial charge is 0.251 e. The van der Waals surface area contributed by atoms with Gasteiger partial charge in [-0.15, -0.1) is 12.4 Å². The fourth-order valence-corrected chi connectivity index (χ4v) is 2.85. The minimum absolute atomic E-state index is 0. The van der Waals surface area contributed by atoms with Crippen molar-refractivity contribution in [3.8, 4) is 0 Å². The van der Waals surface area contributed by atoms with E-state index in [1.165, 1.54) is 44.6 Å². The number of nitrogens with two attached hydrogens (primary N) is 1. The van der Waals surface area contributed by atoms with Crippen molar-refractivity contribution in [2.45, 2.75) is 44.6 Å². The first-order valence-corrected chi connectivity index (χ1v) is 8.08. The van der Waals surface area contributed by atoms with E-state index in [0.717, 1.165) is 6.54 Å². The van der Waals surface area contributed by atoms with Crippen molar-refractivity contribution < 1.29 is 9.59 Å². The molecule has 5 nitrogen and oxygen atoms in total. The van der Waals surface area contributed by atoms with Crippen molar-refractivity contribution in [1.29, 1.82) is 0 Å². The number of halogens is 1. The van der Waals surface area contributed by atoms with Gasteiger partial charge in [0.15, 0.2) is 0 Å². The van der Waals surface area contributed by atoms with E-state index in [1.807, 2.05) is 0 Å². The van der Waals surface area contributed by atoms with Gasteiger partial charge in [0.25, 0.3) is 5.91 Å². The Kier molecular flexibility index (Phi) is 8.66. The van der Waals surface area contributed by atoms with Gasteiger partial charge in [0.05, 0.1) is 0 Å². The second-order valence-corrected chi connectivity index (χ2v) is 5.84. The Bertz CT molecular complexity index is 514. The van der Waals surface area contributed by atoms with Crippen LogP contribution in [0.5, 0.6) is 0 Å². The Morgan fingerprint density at radius 1 is 1.04 bits per heavy atom. The normalized spacial score (nSPS) is 15.3. The molecule has 2 rings (SSSR count). The standard InChI is InChI=1S/C17H25N3O2.ClH/c18-16(21)13-6-5-7-14(12-13)17(22)20-11-10-19-15-8-3-1-2-4-9-15;/h5-7,12,15,19H,1-4,8-11H2,(H2,18,21)(H,20,22);1H. The van der Waals surface area contributed by atoms with E-state index in [9.17, 15) is 9.59 Å². The molecule has 128 valence electrons. The van der Waals surface area contributed by atoms with E-state index in [1.54, 1.807) is 18.2 Å². The predicted octanol–water partition coefficient (Wildman–Crippen LogP) is 2.25. The Morgan fingerprint density at radius 3 is 2.35 bits per heavy atom. The van der Waals surface area contributed by atoms with Crippen LogP contribution in [-0.4, -0.2) is 30.9 Å². The lowest BCUT2D eigenvalue weighted by molar-refractivity contribution is 0.0953. The van der Waals surface area contributed by atoms with E-state index in [2.05, 4.69) is 10.6 Å². The van der Waals surface area contributed by atoms with Crippen LogP contribution >= 0.6 is 12.4 Å². The zero-order chi connectivity index (χ0) is 15.8. The highest BCUT2D eigenvalue weighted by atomic mass is 35.5. The van der Waals surface area contributed by atoms with Crippen molar-refractivity contribution >= 4 is 24.2 Å². The zero-order valence-corrected chi connectivity index (χ0v) is 14.2. The highest BCUT2D eigenvalue weighted by molar-refractivity contribution is 5.99. The van der Waals surface area contributed by atoms with Gasteiger partial charge in [0.1, 0.15) is 0 Å². The molecule has 1 aliphatic rings. The third kappa shape index (κ3) is 6.59. The van der Waals surface area contributed by atoms with Crippen LogP contribution in [0.4, 0.5) is 0 Å². The molecule has 1 aliphatic carbocycles. The minimum atomic E-state index is -0.523. The summed E-state index contributed by atoms with van der Waals surface area (Å²) in [6.45, 7) is 1.35. The molecule has 0 aliphatic heterocycles. The van der Waals surface area contributed by atoms with Crippen LogP contribution in [-0.2, 0) is 0 Å². The van der Waals surface area contributed by atoms with Crippen LogP contribution in [0, 0.1) is 0 Å². The van der Waals surface area contributed by atoms with Gasteiger partial charge in [-0.1, -0.05) is 31.7 Å². The quantitative estimate of drug-likeness (QED) is 0.549. The summed E-state index contributed by atoms with van der Waals surface area (Å²) in [5.74, 6) is -0.699. The summed E-state index contributed by atoms with van der Waals surface area (Å²) in [5, 5.41) is 6.38. The monoisotopic (exact) mass is 339 g/mol. The fourth-order valence-electron chi connectivity index (χ4n) is 2.85. The Labute approximate surface area is 143 Å². The SMILES string of the molecule is Cl.NC(=O)c1cccc(C(=O)NCCNC2CCCCCC2)c1. The molecule has 0 bridgehead atoms. The van der Waals surface area contributed by atoms with Gasteiger partial charge in [-0.2, -0.15) is 0 Å². The van der Waals surface area contributed by atoms with E-state index >= 15 is 0 Å². The summed E-state index contributed by atoms with van der Waals surface area (Å²) in [6, 6.07) is 7.06. The number of primary amides is 1. The Balaban J connectivity index is 0.00000264. The van der Waals surface area contributed by atoms with Crippen molar-refractivity contribution in [3.05, 3.63) is 35.4 Å². The van der Waals surface area contributed by atoms with Gasteiger partial charge in [0, 0.05) is 30.3 Å². The van der Waals surface area contributed by atoms with Crippen molar-refractivity contribution in [2.75, 3.05) is 13.1 Å². The highest BCUT2D eigenvalue weighted by Crippen LogP contribution is 2.16. The Hall–Kier alpha value is -1.59. The summed E-state index contributed by atoms with van der Waals surface area (Å²) in [7, 11) is 0. The maximum atomic E-state index is 12.0. The summed E-state index contributed by atoms with van der Waals surface area (Å²) < 4.78 is 0. The maximum absolute atomic E-state index is 12.0.